The number of aromatic nitrogens is 1. The molecule has 2 rings (SSSR count). The first-order valence-corrected chi connectivity index (χ1v) is 7.16. The highest BCUT2D eigenvalue weighted by atomic mass is 35.5. The second-order valence-corrected chi connectivity index (χ2v) is 4.95. The number of nitrogens with one attached hydrogen (secondary N) is 1. The van der Waals surface area contributed by atoms with Gasteiger partial charge in [-0.05, 0) is 36.2 Å². The van der Waals surface area contributed by atoms with E-state index in [4.69, 9.17) is 21.1 Å². The van der Waals surface area contributed by atoms with Crippen molar-refractivity contribution in [3.8, 4) is 11.5 Å². The first-order valence-electron chi connectivity index (χ1n) is 6.79. The van der Waals surface area contributed by atoms with E-state index in [2.05, 4.69) is 17.2 Å². The fraction of sp³-hybridized carbons (Fsp3) is 0.312. The molecule has 1 aromatic heterocycles. The van der Waals surface area contributed by atoms with Gasteiger partial charge in [0.1, 0.15) is 11.0 Å². The summed E-state index contributed by atoms with van der Waals surface area (Å²) < 4.78 is 10.6. The predicted octanol–water partition coefficient (Wildman–Crippen LogP) is 4.32. The summed E-state index contributed by atoms with van der Waals surface area (Å²) in [5, 5.41) is 3.86. The maximum absolute atomic E-state index is 5.92. The summed E-state index contributed by atoms with van der Waals surface area (Å²) in [4.78, 5) is 4.26. The molecule has 0 saturated heterocycles. The Morgan fingerprint density at radius 1 is 1.14 bits per heavy atom. The van der Waals surface area contributed by atoms with Gasteiger partial charge in [-0.2, -0.15) is 0 Å². The summed E-state index contributed by atoms with van der Waals surface area (Å²) >= 11 is 5.92. The lowest BCUT2D eigenvalue weighted by molar-refractivity contribution is 0.354. The number of halogens is 1. The summed E-state index contributed by atoms with van der Waals surface area (Å²) in [5.41, 5.74) is 1.11. The van der Waals surface area contributed by atoms with Crippen molar-refractivity contribution in [1.29, 1.82) is 0 Å². The number of pyridine rings is 1. The van der Waals surface area contributed by atoms with Gasteiger partial charge in [0, 0.05) is 0 Å². The second-order valence-electron chi connectivity index (χ2n) is 4.57. The van der Waals surface area contributed by atoms with Crippen LogP contribution in [0.2, 0.25) is 5.15 Å². The zero-order valence-electron chi connectivity index (χ0n) is 12.4. The molecule has 0 aliphatic carbocycles. The van der Waals surface area contributed by atoms with Gasteiger partial charge in [0.25, 0.3) is 0 Å². The molecule has 0 amide bonds. The average molecular weight is 307 g/mol. The van der Waals surface area contributed by atoms with Gasteiger partial charge in [-0.3, -0.25) is 0 Å². The molecule has 1 atom stereocenters. The molecule has 0 saturated carbocycles. The van der Waals surface area contributed by atoms with Gasteiger partial charge in [0.2, 0.25) is 0 Å². The van der Waals surface area contributed by atoms with E-state index < -0.39 is 0 Å². The minimum Gasteiger partial charge on any atom is -0.493 e. The third-order valence-corrected chi connectivity index (χ3v) is 3.47. The number of hydrogen-bond acceptors (Lipinski definition) is 4. The number of nitrogens with zero attached hydrogens (tertiary/aromatic N) is 1. The Morgan fingerprint density at radius 3 is 2.52 bits per heavy atom. The minimum absolute atomic E-state index is 0.121. The Hall–Kier alpha value is -1.94. The molecule has 0 aliphatic heterocycles. The molecule has 112 valence electrons. The number of ether oxygens (including phenoxy) is 2. The van der Waals surface area contributed by atoms with Crippen molar-refractivity contribution < 1.29 is 9.47 Å². The number of anilines is 1. The maximum Gasteiger partial charge on any atom is 0.161 e. The third kappa shape index (κ3) is 3.79. The van der Waals surface area contributed by atoms with Crippen molar-refractivity contribution in [2.75, 3.05) is 19.5 Å². The van der Waals surface area contributed by atoms with Gasteiger partial charge in [-0.25, -0.2) is 4.98 Å². The number of benzene rings is 1. The Morgan fingerprint density at radius 2 is 1.90 bits per heavy atom. The van der Waals surface area contributed by atoms with E-state index in [-0.39, 0.29) is 6.04 Å². The lowest BCUT2D eigenvalue weighted by Crippen LogP contribution is -2.11. The van der Waals surface area contributed by atoms with Crippen molar-refractivity contribution >= 4 is 17.4 Å². The average Bonchev–Trinajstić information content (AvgIpc) is 2.52. The highest BCUT2D eigenvalue weighted by molar-refractivity contribution is 6.29. The standard InChI is InChI=1S/C16H19ClN2O2/c1-4-12(18-16-7-5-6-15(17)19-16)11-8-9-13(20-2)14(10-11)21-3/h5-10,12H,4H2,1-3H3,(H,18,19). The van der Waals surface area contributed by atoms with E-state index in [1.54, 1.807) is 20.3 Å². The maximum atomic E-state index is 5.92. The van der Waals surface area contributed by atoms with Gasteiger partial charge >= 0.3 is 0 Å². The number of rotatable bonds is 6. The van der Waals surface area contributed by atoms with Gasteiger partial charge < -0.3 is 14.8 Å². The molecule has 1 N–H and O–H groups in total. The zero-order valence-corrected chi connectivity index (χ0v) is 13.1. The number of methoxy groups -OCH3 is 2. The van der Waals surface area contributed by atoms with Crippen LogP contribution in [-0.4, -0.2) is 19.2 Å². The molecule has 1 unspecified atom stereocenters. The Bertz CT molecular complexity index is 605. The molecule has 2 aromatic rings. The van der Waals surface area contributed by atoms with Gasteiger partial charge in [-0.15, -0.1) is 0 Å². The highest BCUT2D eigenvalue weighted by Crippen LogP contribution is 2.32. The lowest BCUT2D eigenvalue weighted by atomic mass is 10.0. The van der Waals surface area contributed by atoms with Crippen LogP contribution in [0, 0.1) is 0 Å². The molecule has 1 aromatic carbocycles. The predicted molar refractivity (Wildman–Crippen MR) is 85.4 cm³/mol. The molecular formula is C16H19ClN2O2. The molecule has 5 heteroatoms. The van der Waals surface area contributed by atoms with Gasteiger partial charge in [-0.1, -0.05) is 30.7 Å². The summed E-state index contributed by atoms with van der Waals surface area (Å²) in [6.07, 6.45) is 0.906. The van der Waals surface area contributed by atoms with E-state index in [0.29, 0.717) is 10.9 Å². The molecule has 1 heterocycles. The van der Waals surface area contributed by atoms with Crippen LogP contribution in [-0.2, 0) is 0 Å². The van der Waals surface area contributed by atoms with Crippen LogP contribution in [0.4, 0.5) is 5.82 Å². The van der Waals surface area contributed by atoms with Gasteiger partial charge in [0.05, 0.1) is 20.3 Å². The molecular weight excluding hydrogens is 288 g/mol. The van der Waals surface area contributed by atoms with Crippen LogP contribution < -0.4 is 14.8 Å². The monoisotopic (exact) mass is 306 g/mol. The fourth-order valence-corrected chi connectivity index (χ4v) is 2.32. The summed E-state index contributed by atoms with van der Waals surface area (Å²) in [7, 11) is 3.26. The van der Waals surface area contributed by atoms with Crippen LogP contribution >= 0.6 is 11.6 Å². The third-order valence-electron chi connectivity index (χ3n) is 3.26. The van der Waals surface area contributed by atoms with Crippen molar-refractivity contribution in [2.24, 2.45) is 0 Å². The normalized spacial score (nSPS) is 11.8. The van der Waals surface area contributed by atoms with Crippen LogP contribution in [0.15, 0.2) is 36.4 Å². The van der Waals surface area contributed by atoms with E-state index in [0.717, 1.165) is 23.6 Å². The van der Waals surface area contributed by atoms with Crippen molar-refractivity contribution in [3.05, 3.63) is 47.1 Å². The van der Waals surface area contributed by atoms with Crippen molar-refractivity contribution in [2.45, 2.75) is 19.4 Å². The fourth-order valence-electron chi connectivity index (χ4n) is 2.16. The highest BCUT2D eigenvalue weighted by Gasteiger charge is 2.13. The molecule has 21 heavy (non-hydrogen) atoms. The van der Waals surface area contributed by atoms with Crippen molar-refractivity contribution in [1.82, 2.24) is 4.98 Å². The molecule has 0 spiro atoms. The van der Waals surface area contributed by atoms with E-state index in [1.807, 2.05) is 30.3 Å². The lowest BCUT2D eigenvalue weighted by Gasteiger charge is -2.19. The van der Waals surface area contributed by atoms with Crippen molar-refractivity contribution in [3.63, 3.8) is 0 Å². The Kier molecular flexibility index (Phi) is 5.28. The topological polar surface area (TPSA) is 43.4 Å². The van der Waals surface area contributed by atoms with E-state index in [1.165, 1.54) is 0 Å². The summed E-state index contributed by atoms with van der Waals surface area (Å²) in [6, 6.07) is 11.6. The van der Waals surface area contributed by atoms with Crippen LogP contribution in [0.25, 0.3) is 0 Å². The molecule has 0 radical (unpaired) electrons. The zero-order chi connectivity index (χ0) is 15.2. The Labute approximate surface area is 130 Å². The SMILES string of the molecule is CCC(Nc1cccc(Cl)n1)c1ccc(OC)c(OC)c1. The second kappa shape index (κ2) is 7.18. The molecule has 4 nitrogen and oxygen atoms in total. The number of hydrogen-bond donors (Lipinski definition) is 1. The first-order chi connectivity index (χ1) is 10.2. The minimum atomic E-state index is 0.121. The quantitative estimate of drug-likeness (QED) is 0.807. The van der Waals surface area contributed by atoms with E-state index in [9.17, 15) is 0 Å². The largest absolute Gasteiger partial charge is 0.493 e. The van der Waals surface area contributed by atoms with Gasteiger partial charge in [0.15, 0.2) is 11.5 Å². The smallest absolute Gasteiger partial charge is 0.161 e. The Balaban J connectivity index is 2.25. The van der Waals surface area contributed by atoms with Crippen LogP contribution in [0.1, 0.15) is 24.9 Å². The van der Waals surface area contributed by atoms with E-state index >= 15 is 0 Å². The first kappa shape index (κ1) is 15.4. The molecule has 0 bridgehead atoms. The van der Waals surface area contributed by atoms with Crippen LogP contribution in [0.3, 0.4) is 0 Å². The summed E-state index contributed by atoms with van der Waals surface area (Å²) in [6.45, 7) is 2.11. The van der Waals surface area contributed by atoms with Crippen LogP contribution in [0.5, 0.6) is 11.5 Å². The molecule has 0 fully saturated rings. The molecule has 0 aliphatic rings. The summed E-state index contributed by atoms with van der Waals surface area (Å²) in [5.74, 6) is 2.19.